The van der Waals surface area contributed by atoms with E-state index in [-0.39, 0.29) is 11.7 Å². The molecule has 0 N–H and O–H groups in total. The number of hydrogen-bond donors (Lipinski definition) is 0. The molecule has 0 heterocycles. The summed E-state index contributed by atoms with van der Waals surface area (Å²) in [6.07, 6.45) is 0.793. The quantitative estimate of drug-likeness (QED) is 0.736. The van der Waals surface area contributed by atoms with Crippen molar-refractivity contribution in [2.24, 2.45) is 0 Å². The van der Waals surface area contributed by atoms with Crippen LogP contribution >= 0.6 is 11.6 Å². The SMILES string of the molecule is Cc1ccc(C2Cc3c(C)cc(Cl)cc3C2=O)c(C)c1. The van der Waals surface area contributed by atoms with Gasteiger partial charge in [0.25, 0.3) is 0 Å². The molecule has 20 heavy (non-hydrogen) atoms. The van der Waals surface area contributed by atoms with Crippen LogP contribution in [0.4, 0.5) is 0 Å². The van der Waals surface area contributed by atoms with E-state index in [1.54, 1.807) is 0 Å². The van der Waals surface area contributed by atoms with Crippen molar-refractivity contribution < 1.29 is 4.79 Å². The van der Waals surface area contributed by atoms with E-state index in [0.29, 0.717) is 5.02 Å². The van der Waals surface area contributed by atoms with Crippen LogP contribution in [0.25, 0.3) is 0 Å². The standard InChI is InChI=1S/C18H17ClO/c1-10-4-5-14(11(2)6-10)17-9-15-12(3)7-13(19)8-16(15)18(17)20/h4-8,17H,9H2,1-3H3. The molecular formula is C18H17ClO. The second-order valence-corrected chi connectivity index (χ2v) is 6.17. The van der Waals surface area contributed by atoms with Crippen LogP contribution in [0.5, 0.6) is 0 Å². The van der Waals surface area contributed by atoms with Gasteiger partial charge in [0.2, 0.25) is 0 Å². The van der Waals surface area contributed by atoms with Crippen molar-refractivity contribution in [1.82, 2.24) is 0 Å². The van der Waals surface area contributed by atoms with Crippen LogP contribution in [0.1, 0.15) is 44.1 Å². The van der Waals surface area contributed by atoms with Gasteiger partial charge in [-0.1, -0.05) is 35.4 Å². The zero-order valence-electron chi connectivity index (χ0n) is 12.0. The Morgan fingerprint density at radius 2 is 1.80 bits per heavy atom. The second kappa shape index (κ2) is 4.75. The van der Waals surface area contributed by atoms with Crippen molar-refractivity contribution in [3.63, 3.8) is 0 Å². The summed E-state index contributed by atoms with van der Waals surface area (Å²) in [6, 6.07) is 10.1. The van der Waals surface area contributed by atoms with E-state index in [1.165, 1.54) is 11.1 Å². The number of benzene rings is 2. The van der Waals surface area contributed by atoms with E-state index in [0.717, 1.165) is 28.7 Å². The highest BCUT2D eigenvalue weighted by Crippen LogP contribution is 2.38. The number of hydrogen-bond acceptors (Lipinski definition) is 1. The molecule has 3 rings (SSSR count). The van der Waals surface area contributed by atoms with Gasteiger partial charge >= 0.3 is 0 Å². The summed E-state index contributed by atoms with van der Waals surface area (Å²) in [5.74, 6) is 0.153. The van der Waals surface area contributed by atoms with E-state index in [2.05, 4.69) is 32.0 Å². The molecule has 0 radical (unpaired) electrons. The molecule has 2 heteroatoms. The van der Waals surface area contributed by atoms with Gasteiger partial charge in [-0.05, 0) is 61.6 Å². The molecule has 1 nitrogen and oxygen atoms in total. The maximum absolute atomic E-state index is 12.7. The molecule has 2 aromatic carbocycles. The predicted molar refractivity (Wildman–Crippen MR) is 82.9 cm³/mol. The Labute approximate surface area is 124 Å². The summed E-state index contributed by atoms with van der Waals surface area (Å²) < 4.78 is 0. The maximum atomic E-state index is 12.7. The fourth-order valence-corrected chi connectivity index (χ4v) is 3.49. The van der Waals surface area contributed by atoms with E-state index < -0.39 is 0 Å². The first kappa shape index (κ1) is 13.4. The van der Waals surface area contributed by atoms with Crippen LogP contribution in [0, 0.1) is 20.8 Å². The molecule has 1 unspecified atom stereocenters. The van der Waals surface area contributed by atoms with Gasteiger partial charge in [0.1, 0.15) is 0 Å². The van der Waals surface area contributed by atoms with Crippen LogP contribution in [0.3, 0.4) is 0 Å². The largest absolute Gasteiger partial charge is 0.293 e. The minimum atomic E-state index is -0.0530. The molecule has 2 aromatic rings. The van der Waals surface area contributed by atoms with Crippen molar-refractivity contribution in [1.29, 1.82) is 0 Å². The van der Waals surface area contributed by atoms with Crippen molar-refractivity contribution in [2.75, 3.05) is 0 Å². The topological polar surface area (TPSA) is 17.1 Å². The third-order valence-corrected chi connectivity index (χ3v) is 4.45. The molecule has 0 fully saturated rings. The molecule has 0 aliphatic heterocycles. The first-order valence-corrected chi connectivity index (χ1v) is 7.25. The van der Waals surface area contributed by atoms with E-state index in [1.807, 2.05) is 19.1 Å². The van der Waals surface area contributed by atoms with Gasteiger partial charge in [-0.15, -0.1) is 0 Å². The Kier molecular flexibility index (Phi) is 3.18. The van der Waals surface area contributed by atoms with Gasteiger partial charge in [-0.3, -0.25) is 4.79 Å². The summed E-state index contributed by atoms with van der Waals surface area (Å²) in [7, 11) is 0. The Bertz CT molecular complexity index is 716. The number of rotatable bonds is 1. The summed E-state index contributed by atoms with van der Waals surface area (Å²) in [6.45, 7) is 6.19. The third kappa shape index (κ3) is 2.06. The van der Waals surface area contributed by atoms with Crippen molar-refractivity contribution in [3.05, 3.63) is 68.7 Å². The normalized spacial score (nSPS) is 17.4. The first-order chi connectivity index (χ1) is 9.47. The van der Waals surface area contributed by atoms with Crippen molar-refractivity contribution >= 4 is 17.4 Å². The number of aryl methyl sites for hydroxylation is 3. The van der Waals surface area contributed by atoms with Gasteiger partial charge in [0.15, 0.2) is 5.78 Å². The molecule has 0 saturated carbocycles. The summed E-state index contributed by atoms with van der Waals surface area (Å²) in [5.41, 5.74) is 6.65. The molecule has 0 amide bonds. The van der Waals surface area contributed by atoms with E-state index >= 15 is 0 Å². The number of carbonyl (C=O) groups is 1. The zero-order chi connectivity index (χ0) is 14.4. The van der Waals surface area contributed by atoms with Crippen LogP contribution < -0.4 is 0 Å². The average Bonchev–Trinajstić information content (AvgIpc) is 2.68. The summed E-state index contributed by atoms with van der Waals surface area (Å²) in [4.78, 5) is 12.7. The smallest absolute Gasteiger partial charge is 0.170 e. The minimum absolute atomic E-state index is 0.0530. The van der Waals surface area contributed by atoms with Crippen LogP contribution in [0.15, 0.2) is 30.3 Å². The highest BCUT2D eigenvalue weighted by molar-refractivity contribution is 6.31. The van der Waals surface area contributed by atoms with Gasteiger partial charge < -0.3 is 0 Å². The van der Waals surface area contributed by atoms with E-state index in [4.69, 9.17) is 11.6 Å². The molecular weight excluding hydrogens is 268 g/mol. The van der Waals surface area contributed by atoms with Crippen molar-refractivity contribution in [3.8, 4) is 0 Å². The van der Waals surface area contributed by atoms with Crippen molar-refractivity contribution in [2.45, 2.75) is 33.1 Å². The summed E-state index contributed by atoms with van der Waals surface area (Å²) in [5, 5.41) is 0.649. The number of ketones is 1. The lowest BCUT2D eigenvalue weighted by molar-refractivity contribution is 0.0972. The van der Waals surface area contributed by atoms with Gasteiger partial charge in [-0.2, -0.15) is 0 Å². The number of halogens is 1. The molecule has 1 aliphatic carbocycles. The van der Waals surface area contributed by atoms with Crippen LogP contribution in [-0.2, 0) is 6.42 Å². The fourth-order valence-electron chi connectivity index (χ4n) is 3.22. The minimum Gasteiger partial charge on any atom is -0.293 e. The lowest BCUT2D eigenvalue weighted by atomic mass is 9.90. The second-order valence-electron chi connectivity index (χ2n) is 5.73. The molecule has 0 saturated heterocycles. The number of Topliss-reactive ketones (excluding diaryl/α,β-unsaturated/α-hetero) is 1. The lowest BCUT2D eigenvalue weighted by Gasteiger charge is -2.12. The van der Waals surface area contributed by atoms with Gasteiger partial charge in [0.05, 0.1) is 5.92 Å². The highest BCUT2D eigenvalue weighted by atomic mass is 35.5. The molecule has 0 spiro atoms. The Hall–Kier alpha value is -1.60. The maximum Gasteiger partial charge on any atom is 0.170 e. The molecule has 1 aliphatic rings. The Morgan fingerprint density at radius 3 is 2.50 bits per heavy atom. The molecule has 102 valence electrons. The monoisotopic (exact) mass is 284 g/mol. The molecule has 1 atom stereocenters. The predicted octanol–water partition coefficient (Wildman–Crippen LogP) is 4.79. The first-order valence-electron chi connectivity index (χ1n) is 6.87. The number of fused-ring (bicyclic) bond motifs is 1. The van der Waals surface area contributed by atoms with Gasteiger partial charge in [-0.25, -0.2) is 0 Å². The zero-order valence-corrected chi connectivity index (χ0v) is 12.7. The van der Waals surface area contributed by atoms with Crippen LogP contribution in [0.2, 0.25) is 5.02 Å². The molecule has 0 aromatic heterocycles. The van der Waals surface area contributed by atoms with Gasteiger partial charge in [0, 0.05) is 10.6 Å². The third-order valence-electron chi connectivity index (χ3n) is 4.23. The Balaban J connectivity index is 2.08. The molecule has 0 bridgehead atoms. The average molecular weight is 285 g/mol. The summed E-state index contributed by atoms with van der Waals surface area (Å²) >= 11 is 6.09. The highest BCUT2D eigenvalue weighted by Gasteiger charge is 2.33. The Morgan fingerprint density at radius 1 is 1.05 bits per heavy atom. The lowest BCUT2D eigenvalue weighted by Crippen LogP contribution is -2.08. The fraction of sp³-hybridized carbons (Fsp3) is 0.278. The van der Waals surface area contributed by atoms with Crippen LogP contribution in [-0.4, -0.2) is 5.78 Å². The number of carbonyl (C=O) groups excluding carboxylic acids is 1. The van der Waals surface area contributed by atoms with E-state index in [9.17, 15) is 4.79 Å².